The van der Waals surface area contributed by atoms with Crippen LogP contribution in [0.4, 0.5) is 0 Å². The summed E-state index contributed by atoms with van der Waals surface area (Å²) in [5, 5.41) is 11.1. The zero-order chi connectivity index (χ0) is 21.5. The largest absolute Gasteiger partial charge is 0.467 e. The number of sulfone groups is 1. The predicted molar refractivity (Wildman–Crippen MR) is 104 cm³/mol. The molecular weight excluding hydrogens is 398 g/mol. The molecule has 2 N–H and O–H groups in total. The summed E-state index contributed by atoms with van der Waals surface area (Å²) in [7, 11) is -0.900. The first kappa shape index (κ1) is 22.4. The van der Waals surface area contributed by atoms with Crippen molar-refractivity contribution in [1.82, 2.24) is 5.32 Å². The maximum absolute atomic E-state index is 12.6. The number of hydrogen-bond acceptors (Lipinski definition) is 7. The topological polar surface area (TPSA) is 119 Å². The van der Waals surface area contributed by atoms with E-state index in [0.717, 1.165) is 7.11 Å². The molecule has 1 aliphatic heterocycles. The Morgan fingerprint density at radius 3 is 2.38 bits per heavy atom. The van der Waals surface area contributed by atoms with Crippen LogP contribution in [0.25, 0.3) is 0 Å². The summed E-state index contributed by atoms with van der Waals surface area (Å²) in [6.07, 6.45) is 0.347. The number of ether oxygens (including phenoxy) is 2. The van der Waals surface area contributed by atoms with Crippen molar-refractivity contribution in [2.75, 3.05) is 32.3 Å². The van der Waals surface area contributed by atoms with Crippen molar-refractivity contribution in [2.24, 2.45) is 0 Å². The highest BCUT2D eigenvalue weighted by atomic mass is 32.2. The van der Waals surface area contributed by atoms with E-state index in [1.165, 1.54) is 19.2 Å². The lowest BCUT2D eigenvalue weighted by Crippen LogP contribution is -2.70. The Bertz CT molecular complexity index is 979. The van der Waals surface area contributed by atoms with E-state index in [1.54, 1.807) is 12.1 Å². The lowest BCUT2D eigenvalue weighted by molar-refractivity contribution is -0.150. The number of rotatable bonds is 6. The van der Waals surface area contributed by atoms with Gasteiger partial charge in [0, 0.05) is 24.7 Å². The third-order valence-corrected chi connectivity index (χ3v) is 6.17. The molecule has 1 atom stereocenters. The average Bonchev–Trinajstić information content (AvgIpc) is 2.69. The third kappa shape index (κ3) is 5.58. The van der Waals surface area contributed by atoms with E-state index < -0.39 is 33.4 Å². The number of benzene rings is 1. The fourth-order valence-electron chi connectivity index (χ4n) is 2.81. The van der Waals surface area contributed by atoms with E-state index in [0.29, 0.717) is 12.0 Å². The van der Waals surface area contributed by atoms with Gasteiger partial charge in [-0.2, -0.15) is 0 Å². The van der Waals surface area contributed by atoms with Crippen LogP contribution in [-0.4, -0.2) is 69.4 Å². The first-order chi connectivity index (χ1) is 13.8. The van der Waals surface area contributed by atoms with Gasteiger partial charge in [0.05, 0.1) is 25.2 Å². The van der Waals surface area contributed by atoms with E-state index in [2.05, 4.69) is 29.0 Å². The fraction of sp³-hybridized carbons (Fsp3) is 0.400. The Morgan fingerprint density at radius 1 is 1.21 bits per heavy atom. The van der Waals surface area contributed by atoms with E-state index in [9.17, 15) is 18.0 Å². The molecule has 1 saturated heterocycles. The summed E-state index contributed by atoms with van der Waals surface area (Å²) in [4.78, 5) is 24.8. The molecule has 1 aromatic carbocycles. The molecule has 1 unspecified atom stereocenters. The number of carbonyl (C=O) groups is 2. The van der Waals surface area contributed by atoms with Gasteiger partial charge in [0.25, 0.3) is 5.91 Å². The molecule has 9 heteroatoms. The number of aliphatic hydroxyl groups is 1. The van der Waals surface area contributed by atoms with Crippen molar-refractivity contribution in [3.8, 4) is 23.7 Å². The number of carbonyl (C=O) groups excluding carboxylic acids is 2. The van der Waals surface area contributed by atoms with Gasteiger partial charge in [0.2, 0.25) is 0 Å². The number of nitrogens with one attached hydrogen (secondary N) is 1. The minimum Gasteiger partial charge on any atom is -0.467 e. The highest BCUT2D eigenvalue weighted by Gasteiger charge is 2.58. The van der Waals surface area contributed by atoms with Crippen molar-refractivity contribution in [1.29, 1.82) is 0 Å². The van der Waals surface area contributed by atoms with E-state index >= 15 is 0 Å². The number of aliphatic hydroxyl groups excluding tert-OH is 1. The lowest BCUT2D eigenvalue weighted by atomic mass is 9.96. The molecule has 0 bridgehead atoms. The molecule has 1 aliphatic rings. The zero-order valence-corrected chi connectivity index (χ0v) is 16.8. The van der Waals surface area contributed by atoms with Gasteiger partial charge in [-0.25, -0.2) is 13.2 Å². The Kier molecular flexibility index (Phi) is 7.40. The van der Waals surface area contributed by atoms with Gasteiger partial charge in [0.15, 0.2) is 15.9 Å². The normalized spacial score (nSPS) is 16.7. The first-order valence-electron chi connectivity index (χ1n) is 8.61. The van der Waals surface area contributed by atoms with E-state index in [4.69, 9.17) is 14.6 Å². The fourth-order valence-corrected chi connectivity index (χ4v) is 4.79. The smallest absolute Gasteiger partial charge is 0.331 e. The van der Waals surface area contributed by atoms with Gasteiger partial charge in [0.1, 0.15) is 5.60 Å². The Balaban J connectivity index is 2.14. The van der Waals surface area contributed by atoms with Crippen LogP contribution in [0.15, 0.2) is 24.3 Å². The van der Waals surface area contributed by atoms with Crippen LogP contribution < -0.4 is 5.32 Å². The number of hydrogen-bond donors (Lipinski definition) is 2. The molecule has 1 fully saturated rings. The van der Waals surface area contributed by atoms with Crippen LogP contribution in [0.3, 0.4) is 0 Å². The highest BCUT2D eigenvalue weighted by Crippen LogP contribution is 2.31. The summed E-state index contributed by atoms with van der Waals surface area (Å²) in [6.45, 7) is -0.0264. The second kappa shape index (κ2) is 9.57. The molecule has 0 spiro atoms. The van der Waals surface area contributed by atoms with E-state index in [1.807, 2.05) is 0 Å². The maximum Gasteiger partial charge on any atom is 0.331 e. The van der Waals surface area contributed by atoms with Gasteiger partial charge in [-0.3, -0.25) is 4.79 Å². The second-order valence-electron chi connectivity index (χ2n) is 6.33. The predicted octanol–water partition coefficient (Wildman–Crippen LogP) is -0.491. The molecule has 0 aromatic heterocycles. The van der Waals surface area contributed by atoms with Crippen LogP contribution in [0.2, 0.25) is 0 Å². The van der Waals surface area contributed by atoms with Gasteiger partial charge < -0.3 is 19.9 Å². The van der Waals surface area contributed by atoms with Crippen molar-refractivity contribution >= 4 is 21.7 Å². The maximum atomic E-state index is 12.6. The number of esters is 1. The summed E-state index contributed by atoms with van der Waals surface area (Å²) < 4.78 is 33.3. The summed E-state index contributed by atoms with van der Waals surface area (Å²) in [5.41, 5.74) is -0.479. The Hall–Kier alpha value is -2.85. The molecule has 1 amide bonds. The molecule has 0 radical (unpaired) electrons. The Labute approximate surface area is 169 Å². The third-order valence-electron chi connectivity index (χ3n) is 4.32. The summed E-state index contributed by atoms with van der Waals surface area (Å²) in [6, 6.07) is 5.00. The van der Waals surface area contributed by atoms with Crippen LogP contribution in [0.5, 0.6) is 0 Å². The number of methoxy groups -OCH3 is 2. The molecule has 8 nitrogen and oxygen atoms in total. The number of amides is 1. The summed E-state index contributed by atoms with van der Waals surface area (Å²) in [5.74, 6) is 8.56. The zero-order valence-electron chi connectivity index (χ0n) is 16.0. The van der Waals surface area contributed by atoms with Crippen molar-refractivity contribution in [3.63, 3.8) is 0 Å². The molecule has 1 heterocycles. The van der Waals surface area contributed by atoms with Crippen molar-refractivity contribution < 1.29 is 32.6 Å². The molecule has 0 saturated carbocycles. The molecule has 0 aliphatic carbocycles. The lowest BCUT2D eigenvalue weighted by Gasteiger charge is -2.43. The van der Waals surface area contributed by atoms with Gasteiger partial charge in [-0.15, -0.1) is 0 Å². The highest BCUT2D eigenvalue weighted by molar-refractivity contribution is 7.93. The SMILES string of the molecule is COC(=O)C(NC(=O)c1ccc(C#CC#CCCO)cc1)C1(OC)CS(=O)(=O)C1. The quantitative estimate of drug-likeness (QED) is 0.472. The van der Waals surface area contributed by atoms with E-state index in [-0.39, 0.29) is 23.7 Å². The minimum atomic E-state index is -3.33. The van der Waals surface area contributed by atoms with Crippen LogP contribution >= 0.6 is 0 Å². The molecule has 1 aromatic rings. The Morgan fingerprint density at radius 2 is 1.86 bits per heavy atom. The van der Waals surface area contributed by atoms with Crippen LogP contribution in [0, 0.1) is 23.7 Å². The van der Waals surface area contributed by atoms with Gasteiger partial charge >= 0.3 is 5.97 Å². The molecule has 2 rings (SSSR count). The summed E-state index contributed by atoms with van der Waals surface area (Å²) >= 11 is 0. The monoisotopic (exact) mass is 419 g/mol. The molecule has 154 valence electrons. The van der Waals surface area contributed by atoms with Crippen LogP contribution in [0.1, 0.15) is 22.3 Å². The van der Waals surface area contributed by atoms with Crippen molar-refractivity contribution in [3.05, 3.63) is 35.4 Å². The van der Waals surface area contributed by atoms with Crippen LogP contribution in [-0.2, 0) is 24.1 Å². The van der Waals surface area contributed by atoms with Gasteiger partial charge in [-0.05, 0) is 36.1 Å². The van der Waals surface area contributed by atoms with Crippen molar-refractivity contribution in [2.45, 2.75) is 18.1 Å². The minimum absolute atomic E-state index is 0.0264. The standard InChI is InChI=1S/C20H21NO7S/c1-27-19(24)17(20(28-2)13-29(25,26)14-20)21-18(23)16-10-8-15(9-11-16)7-5-3-4-6-12-22/h8-11,17,22H,6,12-14H2,1-2H3,(H,21,23). The van der Waals surface area contributed by atoms with Gasteiger partial charge in [-0.1, -0.05) is 11.8 Å². The molecular formula is C20H21NO7S. The first-order valence-corrected chi connectivity index (χ1v) is 10.4. The second-order valence-corrected chi connectivity index (χ2v) is 8.40. The average molecular weight is 419 g/mol. The molecule has 29 heavy (non-hydrogen) atoms.